The van der Waals surface area contributed by atoms with Crippen LogP contribution in [0.5, 0.6) is 0 Å². The fourth-order valence-corrected chi connectivity index (χ4v) is 1.36. The van der Waals surface area contributed by atoms with Gasteiger partial charge in [-0.3, -0.25) is 0 Å². The molecule has 0 aromatic carbocycles. The maximum atomic E-state index is 5.44. The summed E-state index contributed by atoms with van der Waals surface area (Å²) < 4.78 is 15.7. The lowest BCUT2D eigenvalue weighted by atomic mass is 9.97. The summed E-state index contributed by atoms with van der Waals surface area (Å²) in [5.41, 5.74) is -0.494. The zero-order valence-electron chi connectivity index (χ0n) is 8.42. The summed E-state index contributed by atoms with van der Waals surface area (Å²) in [6.45, 7) is 11.3. The Morgan fingerprint density at radius 1 is 1.54 bits per heavy atom. The van der Waals surface area contributed by atoms with E-state index in [9.17, 15) is 0 Å². The van der Waals surface area contributed by atoms with Gasteiger partial charge in [-0.25, -0.2) is 0 Å². The molecule has 0 bridgehead atoms. The molecule has 0 aromatic heterocycles. The highest BCUT2D eigenvalue weighted by molar-refractivity contribution is 5.13. The number of hydrogen-bond acceptors (Lipinski definition) is 3. The van der Waals surface area contributed by atoms with Gasteiger partial charge in [0, 0.05) is 13.5 Å². The Kier molecular flexibility index (Phi) is 2.66. The molecule has 2 atom stereocenters. The highest BCUT2D eigenvalue weighted by Gasteiger charge is 2.40. The first-order valence-corrected chi connectivity index (χ1v) is 4.26. The topological polar surface area (TPSA) is 27.7 Å². The Morgan fingerprint density at radius 2 is 2.15 bits per heavy atom. The summed E-state index contributed by atoms with van der Waals surface area (Å²) in [6, 6.07) is 0. The highest BCUT2D eigenvalue weighted by Crippen LogP contribution is 2.37. The first-order valence-electron chi connectivity index (χ1n) is 4.26. The Hall–Kier alpha value is -0.960. The van der Waals surface area contributed by atoms with Gasteiger partial charge in [-0.1, -0.05) is 6.58 Å². The molecular weight excluding hydrogens is 168 g/mol. The van der Waals surface area contributed by atoms with Crippen molar-refractivity contribution in [1.29, 1.82) is 0 Å². The molecule has 1 rings (SSSR count). The fraction of sp³-hybridized carbons (Fsp3) is 0.600. The van der Waals surface area contributed by atoms with Crippen molar-refractivity contribution in [3.05, 3.63) is 24.9 Å². The van der Waals surface area contributed by atoms with Gasteiger partial charge < -0.3 is 14.2 Å². The van der Waals surface area contributed by atoms with E-state index >= 15 is 0 Å². The molecule has 0 radical (unpaired) electrons. The van der Waals surface area contributed by atoms with E-state index in [1.165, 1.54) is 0 Å². The van der Waals surface area contributed by atoms with Crippen LogP contribution in [0.1, 0.15) is 20.3 Å². The van der Waals surface area contributed by atoms with Crippen LogP contribution in [0.25, 0.3) is 0 Å². The van der Waals surface area contributed by atoms with Crippen LogP contribution in [-0.4, -0.2) is 18.8 Å². The van der Waals surface area contributed by atoms with E-state index < -0.39 is 5.60 Å². The Balaban J connectivity index is 2.65. The second-order valence-corrected chi connectivity index (χ2v) is 3.48. The van der Waals surface area contributed by atoms with Crippen LogP contribution in [0.4, 0.5) is 0 Å². The van der Waals surface area contributed by atoms with Crippen molar-refractivity contribution in [2.75, 3.05) is 7.11 Å². The molecule has 1 saturated heterocycles. The van der Waals surface area contributed by atoms with Crippen molar-refractivity contribution in [2.24, 2.45) is 0 Å². The van der Waals surface area contributed by atoms with E-state index in [2.05, 4.69) is 13.2 Å². The molecule has 0 spiro atoms. The van der Waals surface area contributed by atoms with Gasteiger partial charge in [0.1, 0.15) is 5.76 Å². The molecule has 74 valence electrons. The van der Waals surface area contributed by atoms with Gasteiger partial charge in [0.05, 0.1) is 6.10 Å². The van der Waals surface area contributed by atoms with Crippen molar-refractivity contribution in [3.8, 4) is 0 Å². The van der Waals surface area contributed by atoms with Gasteiger partial charge in [-0.05, 0) is 20.4 Å². The van der Waals surface area contributed by atoms with Crippen LogP contribution < -0.4 is 0 Å². The van der Waals surface area contributed by atoms with Crippen LogP contribution in [0.15, 0.2) is 24.9 Å². The summed E-state index contributed by atoms with van der Waals surface area (Å²) in [5, 5.41) is 0. The SMILES string of the molecule is C=C1OC(=C)C(C)(CC(C)OC)O1. The molecule has 0 saturated carbocycles. The molecule has 0 aromatic rings. The summed E-state index contributed by atoms with van der Waals surface area (Å²) in [5.74, 6) is 0.914. The molecule has 3 nitrogen and oxygen atoms in total. The zero-order valence-corrected chi connectivity index (χ0v) is 8.42. The molecule has 0 amide bonds. The van der Waals surface area contributed by atoms with Crippen molar-refractivity contribution in [1.82, 2.24) is 0 Å². The van der Waals surface area contributed by atoms with Gasteiger partial charge in [-0.15, -0.1) is 0 Å². The van der Waals surface area contributed by atoms with Crippen molar-refractivity contribution >= 4 is 0 Å². The van der Waals surface area contributed by atoms with E-state index in [1.54, 1.807) is 7.11 Å². The van der Waals surface area contributed by atoms with E-state index in [-0.39, 0.29) is 6.10 Å². The molecular formula is C10H16O3. The second kappa shape index (κ2) is 3.42. The lowest BCUT2D eigenvalue weighted by Gasteiger charge is -2.24. The molecule has 0 N–H and O–H groups in total. The van der Waals surface area contributed by atoms with Crippen LogP contribution in [0.3, 0.4) is 0 Å². The standard InChI is InChI=1S/C10H16O3/c1-7(11-5)6-10(4)8(2)12-9(3)13-10/h7H,2-3,6H2,1,4-5H3. The largest absolute Gasteiger partial charge is 0.451 e. The van der Waals surface area contributed by atoms with Crippen molar-refractivity contribution in [2.45, 2.75) is 32.0 Å². The summed E-state index contributed by atoms with van der Waals surface area (Å²) in [4.78, 5) is 0. The third-order valence-electron chi connectivity index (χ3n) is 2.25. The fourth-order valence-electron chi connectivity index (χ4n) is 1.36. The predicted molar refractivity (Wildman–Crippen MR) is 49.9 cm³/mol. The van der Waals surface area contributed by atoms with E-state index in [1.807, 2.05) is 13.8 Å². The Labute approximate surface area is 79.0 Å². The normalized spacial score (nSPS) is 29.8. The van der Waals surface area contributed by atoms with Gasteiger partial charge in [0.25, 0.3) is 5.95 Å². The molecule has 1 fully saturated rings. The van der Waals surface area contributed by atoms with Crippen LogP contribution in [0, 0.1) is 0 Å². The smallest absolute Gasteiger partial charge is 0.277 e. The van der Waals surface area contributed by atoms with Gasteiger partial charge in [-0.2, -0.15) is 0 Å². The lowest BCUT2D eigenvalue weighted by Crippen LogP contribution is -2.30. The van der Waals surface area contributed by atoms with E-state index in [0.717, 1.165) is 0 Å². The Bertz CT molecular complexity index is 234. The molecule has 1 aliphatic rings. The molecule has 2 unspecified atom stereocenters. The molecule has 3 heteroatoms. The van der Waals surface area contributed by atoms with Crippen LogP contribution >= 0.6 is 0 Å². The summed E-state index contributed by atoms with van der Waals surface area (Å²) >= 11 is 0. The maximum Gasteiger partial charge on any atom is 0.277 e. The predicted octanol–water partition coefficient (Wildman–Crippen LogP) is 2.20. The van der Waals surface area contributed by atoms with E-state index in [0.29, 0.717) is 18.1 Å². The molecule has 13 heavy (non-hydrogen) atoms. The first kappa shape index (κ1) is 10.1. The monoisotopic (exact) mass is 184 g/mol. The quantitative estimate of drug-likeness (QED) is 0.673. The molecule has 1 heterocycles. The summed E-state index contributed by atoms with van der Waals surface area (Å²) in [6.07, 6.45) is 0.817. The van der Waals surface area contributed by atoms with E-state index in [4.69, 9.17) is 14.2 Å². The van der Waals surface area contributed by atoms with Crippen LogP contribution in [0.2, 0.25) is 0 Å². The van der Waals surface area contributed by atoms with Crippen LogP contribution in [-0.2, 0) is 14.2 Å². The number of hydrogen-bond donors (Lipinski definition) is 0. The lowest BCUT2D eigenvalue weighted by molar-refractivity contribution is 0.0114. The number of methoxy groups -OCH3 is 1. The van der Waals surface area contributed by atoms with Crippen molar-refractivity contribution in [3.63, 3.8) is 0 Å². The Morgan fingerprint density at radius 3 is 2.54 bits per heavy atom. The third kappa shape index (κ3) is 2.04. The van der Waals surface area contributed by atoms with Gasteiger partial charge >= 0.3 is 0 Å². The van der Waals surface area contributed by atoms with Crippen molar-refractivity contribution < 1.29 is 14.2 Å². The number of ether oxygens (including phenoxy) is 3. The van der Waals surface area contributed by atoms with Gasteiger partial charge in [0.2, 0.25) is 0 Å². The minimum atomic E-state index is -0.494. The second-order valence-electron chi connectivity index (χ2n) is 3.48. The minimum Gasteiger partial charge on any atom is -0.451 e. The average Bonchev–Trinajstić information content (AvgIpc) is 2.25. The minimum absolute atomic E-state index is 0.108. The molecule has 1 aliphatic heterocycles. The molecule has 0 aliphatic carbocycles. The maximum absolute atomic E-state index is 5.44. The summed E-state index contributed by atoms with van der Waals surface area (Å²) in [7, 11) is 1.67. The average molecular weight is 184 g/mol. The van der Waals surface area contributed by atoms with Gasteiger partial charge in [0.15, 0.2) is 5.60 Å². The third-order valence-corrected chi connectivity index (χ3v) is 2.25. The highest BCUT2D eigenvalue weighted by atomic mass is 16.7. The zero-order chi connectivity index (χ0) is 10.1. The number of rotatable bonds is 3. The first-order chi connectivity index (χ1) is 5.98.